The Morgan fingerprint density at radius 3 is 2.40 bits per heavy atom. The zero-order valence-corrected chi connectivity index (χ0v) is 17.2. The molecule has 30 heavy (non-hydrogen) atoms. The van der Waals surface area contributed by atoms with Crippen LogP contribution in [-0.2, 0) is 9.53 Å². The fraction of sp³-hybridized carbons (Fsp3) is 0.417. The molecule has 0 bridgehead atoms. The van der Waals surface area contributed by atoms with E-state index in [0.29, 0.717) is 13.2 Å². The molecule has 6 nitrogen and oxygen atoms in total. The topological polar surface area (TPSA) is 78.9 Å². The van der Waals surface area contributed by atoms with Crippen LogP contribution in [0, 0.1) is 0 Å². The largest absolute Gasteiger partial charge is 0.481 e. The Balaban J connectivity index is 1.35. The van der Waals surface area contributed by atoms with Gasteiger partial charge in [0.15, 0.2) is 0 Å². The number of aliphatic carboxylic acids is 1. The summed E-state index contributed by atoms with van der Waals surface area (Å²) in [6.07, 6.45) is 1.51. The lowest BCUT2D eigenvalue weighted by molar-refractivity contribution is -0.138. The third kappa shape index (κ3) is 4.33. The fourth-order valence-electron chi connectivity index (χ4n) is 4.71. The highest BCUT2D eigenvalue weighted by atomic mass is 16.5. The molecule has 6 heteroatoms. The normalized spacial score (nSPS) is 19.6. The van der Waals surface area contributed by atoms with Crippen LogP contribution in [0.25, 0.3) is 11.1 Å². The second-order valence-electron chi connectivity index (χ2n) is 8.25. The Hall–Kier alpha value is -2.86. The summed E-state index contributed by atoms with van der Waals surface area (Å²) >= 11 is 0. The summed E-state index contributed by atoms with van der Waals surface area (Å²) in [6, 6.07) is 16.5. The van der Waals surface area contributed by atoms with Crippen molar-refractivity contribution in [3.63, 3.8) is 0 Å². The second-order valence-corrected chi connectivity index (χ2v) is 8.25. The molecule has 158 valence electrons. The van der Waals surface area contributed by atoms with E-state index < -0.39 is 12.1 Å². The van der Waals surface area contributed by atoms with Crippen LogP contribution < -0.4 is 5.32 Å². The van der Waals surface area contributed by atoms with E-state index in [4.69, 9.17) is 9.84 Å². The van der Waals surface area contributed by atoms with Crippen molar-refractivity contribution in [3.05, 3.63) is 59.7 Å². The number of nitrogens with one attached hydrogen (secondary N) is 1. The van der Waals surface area contributed by atoms with E-state index >= 15 is 0 Å². The average molecular weight is 408 g/mol. The lowest BCUT2D eigenvalue weighted by Gasteiger charge is -2.36. The first-order valence-corrected chi connectivity index (χ1v) is 10.6. The smallest absolute Gasteiger partial charge is 0.407 e. The summed E-state index contributed by atoms with van der Waals surface area (Å²) < 4.78 is 5.64. The maximum absolute atomic E-state index is 12.5. The van der Waals surface area contributed by atoms with Crippen LogP contribution in [0.5, 0.6) is 0 Å². The molecule has 1 aliphatic heterocycles. The molecule has 2 aromatic rings. The van der Waals surface area contributed by atoms with Gasteiger partial charge in [-0.05, 0) is 48.6 Å². The molecule has 2 aromatic carbocycles. The van der Waals surface area contributed by atoms with Crippen molar-refractivity contribution in [2.75, 3.05) is 19.7 Å². The Bertz CT molecular complexity index is 883. The SMILES string of the molecule is CC(CC(=O)O)N1CCCC(NC(=O)OCC2c3ccccc3-c3ccccc32)C1. The number of piperidine rings is 1. The van der Waals surface area contributed by atoms with Gasteiger partial charge in [-0.15, -0.1) is 0 Å². The number of benzene rings is 2. The summed E-state index contributed by atoms with van der Waals surface area (Å²) in [5, 5.41) is 12.0. The van der Waals surface area contributed by atoms with Crippen LogP contribution >= 0.6 is 0 Å². The number of fused-ring (bicyclic) bond motifs is 3. The number of carboxylic acid groups (broad SMARTS) is 1. The van der Waals surface area contributed by atoms with Crippen LogP contribution in [0.2, 0.25) is 0 Å². The van der Waals surface area contributed by atoms with Gasteiger partial charge in [-0.2, -0.15) is 0 Å². The molecule has 1 amide bonds. The molecule has 1 saturated heterocycles. The minimum atomic E-state index is -0.797. The predicted octanol–water partition coefficient (Wildman–Crippen LogP) is 3.85. The maximum Gasteiger partial charge on any atom is 0.407 e. The molecule has 0 spiro atoms. The van der Waals surface area contributed by atoms with Gasteiger partial charge in [0.25, 0.3) is 0 Å². The van der Waals surface area contributed by atoms with E-state index in [1.54, 1.807) is 0 Å². The summed E-state index contributed by atoms with van der Waals surface area (Å²) in [4.78, 5) is 25.6. The van der Waals surface area contributed by atoms with E-state index in [1.165, 1.54) is 22.3 Å². The number of likely N-dealkylation sites (tertiary alicyclic amines) is 1. The van der Waals surface area contributed by atoms with E-state index in [9.17, 15) is 9.59 Å². The third-order valence-electron chi connectivity index (χ3n) is 6.21. The fourth-order valence-corrected chi connectivity index (χ4v) is 4.71. The highest BCUT2D eigenvalue weighted by molar-refractivity contribution is 5.79. The quantitative estimate of drug-likeness (QED) is 0.759. The lowest BCUT2D eigenvalue weighted by Crippen LogP contribution is -2.50. The number of alkyl carbamates (subject to hydrolysis) is 1. The second kappa shape index (κ2) is 8.88. The first-order chi connectivity index (χ1) is 14.5. The number of hydrogen-bond donors (Lipinski definition) is 2. The third-order valence-corrected chi connectivity index (χ3v) is 6.21. The van der Waals surface area contributed by atoms with Gasteiger partial charge in [-0.25, -0.2) is 4.79 Å². The summed E-state index contributed by atoms with van der Waals surface area (Å²) in [6.45, 7) is 3.73. The Morgan fingerprint density at radius 2 is 1.77 bits per heavy atom. The number of amides is 1. The van der Waals surface area contributed by atoms with Crippen molar-refractivity contribution in [3.8, 4) is 11.1 Å². The number of carbonyl (C=O) groups is 2. The highest BCUT2D eigenvalue weighted by Crippen LogP contribution is 2.44. The number of ether oxygens (including phenoxy) is 1. The summed E-state index contributed by atoms with van der Waals surface area (Å²) in [5.74, 6) is -0.754. The first kappa shape index (κ1) is 20.4. The molecular formula is C24H28N2O4. The number of nitrogens with zero attached hydrogens (tertiary/aromatic N) is 1. The van der Waals surface area contributed by atoms with E-state index in [-0.39, 0.29) is 24.4 Å². The Kier molecular flexibility index (Phi) is 6.04. The van der Waals surface area contributed by atoms with Crippen LogP contribution in [0.4, 0.5) is 4.79 Å². The van der Waals surface area contributed by atoms with Gasteiger partial charge in [-0.1, -0.05) is 48.5 Å². The number of carboxylic acids is 1. The molecule has 2 aliphatic rings. The summed E-state index contributed by atoms with van der Waals surface area (Å²) in [5.41, 5.74) is 4.80. The van der Waals surface area contributed by atoms with E-state index in [0.717, 1.165) is 19.4 Å². The molecule has 1 fully saturated rings. The van der Waals surface area contributed by atoms with Gasteiger partial charge in [0.05, 0.1) is 6.42 Å². The molecule has 2 atom stereocenters. The van der Waals surface area contributed by atoms with Crippen molar-refractivity contribution in [2.24, 2.45) is 0 Å². The molecule has 2 N–H and O–H groups in total. The number of hydrogen-bond acceptors (Lipinski definition) is 4. The van der Waals surface area contributed by atoms with Crippen molar-refractivity contribution in [1.82, 2.24) is 10.2 Å². The van der Waals surface area contributed by atoms with Gasteiger partial charge in [-0.3, -0.25) is 9.69 Å². The standard InChI is InChI=1S/C24H28N2O4/c1-16(13-23(27)28)26-12-6-7-17(14-26)25-24(29)30-15-22-20-10-4-2-8-18(20)19-9-3-5-11-21(19)22/h2-5,8-11,16-17,22H,6-7,12-15H2,1H3,(H,25,29)(H,27,28). The average Bonchev–Trinajstić information content (AvgIpc) is 3.06. The van der Waals surface area contributed by atoms with Gasteiger partial charge in [0, 0.05) is 24.5 Å². The highest BCUT2D eigenvalue weighted by Gasteiger charge is 2.30. The van der Waals surface area contributed by atoms with Gasteiger partial charge in [0.2, 0.25) is 0 Å². The molecule has 0 radical (unpaired) electrons. The maximum atomic E-state index is 12.5. The molecule has 1 heterocycles. The Labute approximate surface area is 176 Å². The van der Waals surface area contributed by atoms with Gasteiger partial charge in [0.1, 0.15) is 6.61 Å². The minimum absolute atomic E-state index is 0.0226. The summed E-state index contributed by atoms with van der Waals surface area (Å²) in [7, 11) is 0. The molecule has 4 rings (SSSR count). The van der Waals surface area contributed by atoms with Crippen molar-refractivity contribution in [1.29, 1.82) is 0 Å². The van der Waals surface area contributed by atoms with Gasteiger partial charge < -0.3 is 15.2 Å². The van der Waals surface area contributed by atoms with Gasteiger partial charge >= 0.3 is 12.1 Å². The number of rotatable bonds is 6. The lowest BCUT2D eigenvalue weighted by atomic mass is 9.98. The molecular weight excluding hydrogens is 380 g/mol. The first-order valence-electron chi connectivity index (χ1n) is 10.6. The van der Waals surface area contributed by atoms with E-state index in [2.05, 4.69) is 34.5 Å². The number of carbonyl (C=O) groups excluding carboxylic acids is 1. The van der Waals surface area contributed by atoms with Crippen LogP contribution in [0.1, 0.15) is 43.2 Å². The molecule has 1 aliphatic carbocycles. The van der Waals surface area contributed by atoms with Crippen LogP contribution in [0.15, 0.2) is 48.5 Å². The van der Waals surface area contributed by atoms with Crippen molar-refractivity contribution >= 4 is 12.1 Å². The zero-order valence-electron chi connectivity index (χ0n) is 17.2. The monoisotopic (exact) mass is 408 g/mol. The molecule has 0 saturated carbocycles. The van der Waals surface area contributed by atoms with E-state index in [1.807, 2.05) is 31.2 Å². The molecule has 2 unspecified atom stereocenters. The zero-order chi connectivity index (χ0) is 21.1. The molecule has 0 aromatic heterocycles. The van der Waals surface area contributed by atoms with Crippen molar-refractivity contribution in [2.45, 2.75) is 44.2 Å². The minimum Gasteiger partial charge on any atom is -0.481 e. The van der Waals surface area contributed by atoms with Crippen molar-refractivity contribution < 1.29 is 19.4 Å². The Morgan fingerprint density at radius 1 is 1.13 bits per heavy atom. The van der Waals surface area contributed by atoms with Crippen LogP contribution in [0.3, 0.4) is 0 Å². The predicted molar refractivity (Wildman–Crippen MR) is 115 cm³/mol. The van der Waals surface area contributed by atoms with Crippen LogP contribution in [-0.4, -0.2) is 53.8 Å².